The second kappa shape index (κ2) is 9.68. The molecule has 0 saturated carbocycles. The first-order valence-corrected chi connectivity index (χ1v) is 12.8. The molecule has 0 spiro atoms. The van der Waals surface area contributed by atoms with E-state index in [-0.39, 0.29) is 4.90 Å². The van der Waals surface area contributed by atoms with E-state index in [1.165, 1.54) is 0 Å². The van der Waals surface area contributed by atoms with E-state index in [1.807, 2.05) is 25.1 Å². The van der Waals surface area contributed by atoms with Gasteiger partial charge in [0.15, 0.2) is 9.84 Å². The molecular formula is C29H24O5S. The molecule has 6 heteroatoms. The Morgan fingerprint density at radius 3 is 1.97 bits per heavy atom. The average molecular weight is 485 g/mol. The first-order valence-electron chi connectivity index (χ1n) is 10.9. The zero-order valence-electron chi connectivity index (χ0n) is 19.6. The molecule has 0 atom stereocenters. The zero-order valence-corrected chi connectivity index (χ0v) is 20.4. The maximum atomic E-state index is 13.3. The highest BCUT2D eigenvalue weighted by atomic mass is 32.2. The molecule has 0 heterocycles. The predicted octanol–water partition coefficient (Wildman–Crippen LogP) is 5.81. The van der Waals surface area contributed by atoms with Crippen molar-refractivity contribution in [2.24, 2.45) is 0 Å². The Balaban J connectivity index is 1.90. The lowest BCUT2D eigenvalue weighted by Crippen LogP contribution is -2.15. The monoisotopic (exact) mass is 484 g/mol. The quantitative estimate of drug-likeness (QED) is 0.244. The van der Waals surface area contributed by atoms with E-state index in [9.17, 15) is 18.0 Å². The molecule has 0 N–H and O–H groups in total. The Kier molecular flexibility index (Phi) is 6.67. The van der Waals surface area contributed by atoms with Crippen molar-refractivity contribution in [1.82, 2.24) is 0 Å². The Morgan fingerprint density at radius 2 is 1.34 bits per heavy atom. The second-order valence-corrected chi connectivity index (χ2v) is 10.2. The lowest BCUT2D eigenvalue weighted by molar-refractivity contribution is 0.0817. The standard InChI is InChI=1S/C29H24O5S/c1-19-26(34-2)18-17-24(27(19)20-13-15-22(16-14-20)35(3,32)33)23-11-7-8-12-25(23)29(31)28(30)21-9-5-4-6-10-21/h4-18H,1-3H3. The van der Waals surface area contributed by atoms with Gasteiger partial charge in [0.2, 0.25) is 11.6 Å². The lowest BCUT2D eigenvalue weighted by Gasteiger charge is -2.18. The Morgan fingerprint density at radius 1 is 0.714 bits per heavy atom. The molecular weight excluding hydrogens is 460 g/mol. The third-order valence-corrected chi connectivity index (χ3v) is 7.04. The van der Waals surface area contributed by atoms with Crippen molar-refractivity contribution in [3.8, 4) is 28.0 Å². The van der Waals surface area contributed by atoms with Gasteiger partial charge in [-0.2, -0.15) is 0 Å². The van der Waals surface area contributed by atoms with Crippen molar-refractivity contribution in [2.45, 2.75) is 11.8 Å². The minimum absolute atomic E-state index is 0.215. The summed E-state index contributed by atoms with van der Waals surface area (Å²) < 4.78 is 29.4. The van der Waals surface area contributed by atoms with Gasteiger partial charge in [-0.15, -0.1) is 0 Å². The van der Waals surface area contributed by atoms with Crippen molar-refractivity contribution in [1.29, 1.82) is 0 Å². The van der Waals surface area contributed by atoms with Gasteiger partial charge < -0.3 is 4.74 Å². The zero-order chi connectivity index (χ0) is 25.2. The molecule has 176 valence electrons. The summed E-state index contributed by atoms with van der Waals surface area (Å²) in [5.74, 6) is -0.527. The fourth-order valence-corrected chi connectivity index (χ4v) is 4.77. The highest BCUT2D eigenvalue weighted by molar-refractivity contribution is 7.90. The molecule has 0 aliphatic carbocycles. The number of sulfone groups is 1. The van der Waals surface area contributed by atoms with Crippen LogP contribution in [0.1, 0.15) is 26.3 Å². The largest absolute Gasteiger partial charge is 0.496 e. The number of Topliss-reactive ketones (excluding diaryl/α,β-unsaturated/α-hetero) is 2. The van der Waals surface area contributed by atoms with E-state index in [0.717, 1.165) is 28.5 Å². The SMILES string of the molecule is COc1ccc(-c2ccccc2C(=O)C(=O)c2ccccc2)c(-c2ccc(S(C)(=O)=O)cc2)c1C. The van der Waals surface area contributed by atoms with Gasteiger partial charge in [-0.3, -0.25) is 9.59 Å². The van der Waals surface area contributed by atoms with E-state index in [4.69, 9.17) is 4.74 Å². The van der Waals surface area contributed by atoms with E-state index >= 15 is 0 Å². The van der Waals surface area contributed by atoms with Gasteiger partial charge in [-0.1, -0.05) is 72.8 Å². The van der Waals surface area contributed by atoms with Crippen LogP contribution >= 0.6 is 0 Å². The summed E-state index contributed by atoms with van der Waals surface area (Å²) in [5, 5.41) is 0. The third kappa shape index (κ3) is 4.79. The van der Waals surface area contributed by atoms with Crippen LogP contribution in [0.5, 0.6) is 5.75 Å². The van der Waals surface area contributed by atoms with Gasteiger partial charge in [0.25, 0.3) is 0 Å². The smallest absolute Gasteiger partial charge is 0.234 e. The fraction of sp³-hybridized carbons (Fsp3) is 0.103. The average Bonchev–Trinajstić information content (AvgIpc) is 2.87. The first kappa shape index (κ1) is 24.1. The van der Waals surface area contributed by atoms with Gasteiger partial charge in [0, 0.05) is 17.4 Å². The van der Waals surface area contributed by atoms with Crippen molar-refractivity contribution in [2.75, 3.05) is 13.4 Å². The molecule has 0 radical (unpaired) electrons. The lowest BCUT2D eigenvalue weighted by atomic mass is 9.86. The number of benzene rings is 4. The van der Waals surface area contributed by atoms with Crippen LogP contribution in [0, 0.1) is 6.92 Å². The summed E-state index contributed by atoms with van der Waals surface area (Å²) in [6, 6.07) is 25.7. The number of rotatable bonds is 7. The molecule has 35 heavy (non-hydrogen) atoms. The maximum Gasteiger partial charge on any atom is 0.234 e. The Hall–Kier alpha value is -4.03. The normalized spacial score (nSPS) is 11.2. The van der Waals surface area contributed by atoms with Crippen LogP contribution in [0.15, 0.2) is 95.9 Å². The molecule has 0 unspecified atom stereocenters. The third-order valence-electron chi connectivity index (χ3n) is 5.91. The van der Waals surface area contributed by atoms with Crippen molar-refractivity contribution < 1.29 is 22.7 Å². The predicted molar refractivity (Wildman–Crippen MR) is 137 cm³/mol. The molecule has 0 saturated heterocycles. The number of hydrogen-bond donors (Lipinski definition) is 0. The topological polar surface area (TPSA) is 77.5 Å². The highest BCUT2D eigenvalue weighted by Gasteiger charge is 2.24. The molecule has 0 bridgehead atoms. The molecule has 0 aliphatic heterocycles. The van der Waals surface area contributed by atoms with Crippen molar-refractivity contribution in [3.05, 3.63) is 108 Å². The van der Waals surface area contributed by atoms with E-state index in [0.29, 0.717) is 22.4 Å². The van der Waals surface area contributed by atoms with Gasteiger partial charge >= 0.3 is 0 Å². The molecule has 0 fully saturated rings. The van der Waals surface area contributed by atoms with Gasteiger partial charge in [-0.25, -0.2) is 8.42 Å². The van der Waals surface area contributed by atoms with E-state index in [2.05, 4.69) is 0 Å². The minimum Gasteiger partial charge on any atom is -0.496 e. The van der Waals surface area contributed by atoms with Crippen molar-refractivity contribution >= 4 is 21.4 Å². The number of ether oxygens (including phenoxy) is 1. The summed E-state index contributed by atoms with van der Waals surface area (Å²) in [4.78, 5) is 26.5. The number of hydrogen-bond acceptors (Lipinski definition) is 5. The van der Waals surface area contributed by atoms with Crippen LogP contribution in [0.2, 0.25) is 0 Å². The number of ketones is 2. The van der Waals surface area contributed by atoms with Crippen LogP contribution in [-0.4, -0.2) is 33.3 Å². The second-order valence-electron chi connectivity index (χ2n) is 8.18. The summed E-state index contributed by atoms with van der Waals surface area (Å²) >= 11 is 0. The molecule has 4 rings (SSSR count). The first-order chi connectivity index (χ1) is 16.7. The molecule has 4 aromatic carbocycles. The fourth-order valence-electron chi connectivity index (χ4n) is 4.14. The summed E-state index contributed by atoms with van der Waals surface area (Å²) in [5.41, 5.74) is 4.34. The molecule has 0 aromatic heterocycles. The molecule has 0 amide bonds. The molecule has 0 aliphatic rings. The molecule has 4 aromatic rings. The van der Waals surface area contributed by atoms with Crippen LogP contribution in [-0.2, 0) is 9.84 Å². The van der Waals surface area contributed by atoms with Gasteiger partial charge in [0.1, 0.15) is 5.75 Å². The van der Waals surface area contributed by atoms with Gasteiger partial charge in [-0.05, 0) is 52.9 Å². The number of carbonyl (C=O) groups excluding carboxylic acids is 2. The summed E-state index contributed by atoms with van der Waals surface area (Å²) in [6.45, 7) is 1.90. The Labute approximate surface area is 204 Å². The van der Waals surface area contributed by atoms with E-state index < -0.39 is 21.4 Å². The number of methoxy groups -OCH3 is 1. The van der Waals surface area contributed by atoms with Crippen LogP contribution in [0.25, 0.3) is 22.3 Å². The summed E-state index contributed by atoms with van der Waals surface area (Å²) in [6.07, 6.45) is 1.16. The maximum absolute atomic E-state index is 13.3. The Bertz CT molecular complexity index is 1520. The molecule has 5 nitrogen and oxygen atoms in total. The van der Waals surface area contributed by atoms with Crippen LogP contribution in [0.3, 0.4) is 0 Å². The van der Waals surface area contributed by atoms with Gasteiger partial charge in [0.05, 0.1) is 12.0 Å². The van der Waals surface area contributed by atoms with Crippen LogP contribution < -0.4 is 4.74 Å². The highest BCUT2D eigenvalue weighted by Crippen LogP contribution is 2.40. The number of carbonyl (C=O) groups is 2. The van der Waals surface area contributed by atoms with Crippen LogP contribution in [0.4, 0.5) is 0 Å². The van der Waals surface area contributed by atoms with Crippen molar-refractivity contribution in [3.63, 3.8) is 0 Å². The summed E-state index contributed by atoms with van der Waals surface area (Å²) in [7, 11) is -1.77. The minimum atomic E-state index is -3.35. The van der Waals surface area contributed by atoms with E-state index in [1.54, 1.807) is 79.9 Å².